The minimum Gasteiger partial charge on any atom is -0.494 e. The summed E-state index contributed by atoms with van der Waals surface area (Å²) in [6.45, 7) is 8.21. The number of hydrogen-bond donors (Lipinski definition) is 1. The maximum Gasteiger partial charge on any atom is 0.119 e. The lowest BCUT2D eigenvalue weighted by Crippen LogP contribution is -2.45. The van der Waals surface area contributed by atoms with Crippen molar-refractivity contribution in [3.05, 3.63) is 29.8 Å². The Kier molecular flexibility index (Phi) is 6.63. The Balaban J connectivity index is 0.00000180. The van der Waals surface area contributed by atoms with E-state index in [1.165, 1.54) is 5.56 Å². The molecule has 19 heavy (non-hydrogen) atoms. The molecule has 2 N–H and O–H groups in total. The number of hydrogen-bond acceptors (Lipinski definition) is 3. The predicted octanol–water partition coefficient (Wildman–Crippen LogP) is 2.68. The van der Waals surface area contributed by atoms with E-state index in [0.717, 1.165) is 38.4 Å². The topological polar surface area (TPSA) is 38.5 Å². The second kappa shape index (κ2) is 7.73. The Morgan fingerprint density at radius 3 is 2.58 bits per heavy atom. The smallest absolute Gasteiger partial charge is 0.119 e. The number of rotatable bonds is 4. The average Bonchev–Trinajstić information content (AvgIpc) is 2.37. The zero-order valence-corrected chi connectivity index (χ0v) is 12.7. The Morgan fingerprint density at radius 2 is 2.00 bits per heavy atom. The molecular formula is C15H25ClN2O. The molecule has 1 fully saturated rings. The summed E-state index contributed by atoms with van der Waals surface area (Å²) in [7, 11) is 0. The molecular weight excluding hydrogens is 260 g/mol. The van der Waals surface area contributed by atoms with E-state index in [0.29, 0.717) is 12.0 Å². The van der Waals surface area contributed by atoms with Gasteiger partial charge in [0.2, 0.25) is 0 Å². The first-order chi connectivity index (χ1) is 8.69. The van der Waals surface area contributed by atoms with E-state index in [9.17, 15) is 0 Å². The molecule has 0 saturated carbocycles. The lowest BCUT2D eigenvalue weighted by atomic mass is 9.94. The molecule has 2 rings (SSSR count). The molecule has 3 nitrogen and oxygen atoms in total. The van der Waals surface area contributed by atoms with Crippen LogP contribution in [0.25, 0.3) is 0 Å². The number of nitrogens with two attached hydrogens (primary N) is 1. The number of halogens is 1. The quantitative estimate of drug-likeness (QED) is 0.924. The summed E-state index contributed by atoms with van der Waals surface area (Å²) >= 11 is 0. The summed E-state index contributed by atoms with van der Waals surface area (Å²) in [5.74, 6) is 1.55. The van der Waals surface area contributed by atoms with Gasteiger partial charge in [0.1, 0.15) is 5.75 Å². The van der Waals surface area contributed by atoms with Crippen LogP contribution in [0.15, 0.2) is 24.3 Å². The van der Waals surface area contributed by atoms with Crippen molar-refractivity contribution in [2.24, 2.45) is 11.7 Å². The zero-order valence-electron chi connectivity index (χ0n) is 11.8. The molecule has 0 aliphatic carbocycles. The third kappa shape index (κ3) is 4.68. The van der Waals surface area contributed by atoms with Gasteiger partial charge in [-0.3, -0.25) is 4.90 Å². The van der Waals surface area contributed by atoms with Crippen LogP contribution >= 0.6 is 12.4 Å². The molecule has 1 heterocycles. The van der Waals surface area contributed by atoms with Crippen LogP contribution in [0.4, 0.5) is 0 Å². The van der Waals surface area contributed by atoms with Gasteiger partial charge in [0, 0.05) is 19.1 Å². The molecule has 0 aromatic heterocycles. The van der Waals surface area contributed by atoms with Crippen LogP contribution in [-0.4, -0.2) is 30.6 Å². The van der Waals surface area contributed by atoms with Gasteiger partial charge in [0.15, 0.2) is 0 Å². The zero-order chi connectivity index (χ0) is 13.0. The van der Waals surface area contributed by atoms with E-state index >= 15 is 0 Å². The van der Waals surface area contributed by atoms with E-state index in [1.807, 2.05) is 6.92 Å². The normalized spacial score (nSPS) is 23.7. The van der Waals surface area contributed by atoms with Gasteiger partial charge in [0.25, 0.3) is 0 Å². The van der Waals surface area contributed by atoms with Crippen LogP contribution in [0.3, 0.4) is 0 Å². The first-order valence-corrected chi connectivity index (χ1v) is 6.88. The van der Waals surface area contributed by atoms with Gasteiger partial charge in [-0.1, -0.05) is 19.1 Å². The molecule has 108 valence electrons. The fourth-order valence-corrected chi connectivity index (χ4v) is 2.51. The van der Waals surface area contributed by atoms with Gasteiger partial charge in [-0.15, -0.1) is 12.4 Å². The van der Waals surface area contributed by atoms with Gasteiger partial charge in [-0.2, -0.15) is 0 Å². The van der Waals surface area contributed by atoms with Crippen molar-refractivity contribution >= 4 is 12.4 Å². The lowest BCUT2D eigenvalue weighted by Gasteiger charge is -2.35. The Morgan fingerprint density at radius 1 is 1.32 bits per heavy atom. The van der Waals surface area contributed by atoms with Crippen molar-refractivity contribution in [2.45, 2.75) is 32.9 Å². The summed E-state index contributed by atoms with van der Waals surface area (Å²) in [4.78, 5) is 2.49. The largest absolute Gasteiger partial charge is 0.494 e. The Hall–Kier alpha value is -0.770. The lowest BCUT2D eigenvalue weighted by molar-refractivity contribution is 0.158. The Labute approximate surface area is 122 Å². The summed E-state index contributed by atoms with van der Waals surface area (Å²) in [6.07, 6.45) is 1.11. The molecule has 0 amide bonds. The molecule has 0 radical (unpaired) electrons. The first-order valence-electron chi connectivity index (χ1n) is 6.88. The highest BCUT2D eigenvalue weighted by Crippen LogP contribution is 2.19. The van der Waals surface area contributed by atoms with Crippen LogP contribution in [0.1, 0.15) is 25.8 Å². The molecule has 1 aliphatic rings. The van der Waals surface area contributed by atoms with Crippen LogP contribution in [0.5, 0.6) is 5.75 Å². The summed E-state index contributed by atoms with van der Waals surface area (Å²) < 4.78 is 5.45. The van der Waals surface area contributed by atoms with E-state index in [1.54, 1.807) is 0 Å². The molecule has 0 spiro atoms. The van der Waals surface area contributed by atoms with Crippen molar-refractivity contribution in [2.75, 3.05) is 19.7 Å². The number of piperidine rings is 1. The van der Waals surface area contributed by atoms with E-state index in [4.69, 9.17) is 10.5 Å². The maximum absolute atomic E-state index is 6.04. The van der Waals surface area contributed by atoms with Crippen molar-refractivity contribution in [3.63, 3.8) is 0 Å². The van der Waals surface area contributed by atoms with E-state index in [2.05, 4.69) is 36.1 Å². The summed E-state index contributed by atoms with van der Waals surface area (Å²) in [6, 6.07) is 8.80. The number of ether oxygens (including phenoxy) is 1. The van der Waals surface area contributed by atoms with Crippen LogP contribution in [0, 0.1) is 5.92 Å². The molecule has 2 unspecified atom stereocenters. The van der Waals surface area contributed by atoms with Crippen LogP contribution < -0.4 is 10.5 Å². The van der Waals surface area contributed by atoms with Crippen molar-refractivity contribution < 1.29 is 4.74 Å². The fraction of sp³-hybridized carbons (Fsp3) is 0.600. The van der Waals surface area contributed by atoms with Gasteiger partial charge in [-0.25, -0.2) is 0 Å². The minimum atomic E-state index is 0. The highest BCUT2D eigenvalue weighted by Gasteiger charge is 2.22. The van der Waals surface area contributed by atoms with Crippen LogP contribution in [0.2, 0.25) is 0 Å². The molecule has 4 heteroatoms. The third-order valence-electron chi connectivity index (χ3n) is 3.70. The van der Waals surface area contributed by atoms with Gasteiger partial charge >= 0.3 is 0 Å². The van der Waals surface area contributed by atoms with E-state index < -0.39 is 0 Å². The first kappa shape index (κ1) is 16.3. The van der Waals surface area contributed by atoms with Gasteiger partial charge in [-0.05, 0) is 43.5 Å². The summed E-state index contributed by atoms with van der Waals surface area (Å²) in [5, 5.41) is 0. The monoisotopic (exact) mass is 284 g/mol. The molecule has 1 aliphatic heterocycles. The standard InChI is InChI=1S/C15H24N2O.ClH/c1-3-18-14-6-4-13(5-7-14)11-17-9-8-15(16)12(2)10-17;/h4-7,12,15H,3,8-11,16H2,1-2H3;1H. The SMILES string of the molecule is CCOc1ccc(CN2CCC(N)C(C)C2)cc1.Cl. The van der Waals surface area contributed by atoms with Gasteiger partial charge in [0.05, 0.1) is 6.61 Å². The summed E-state index contributed by atoms with van der Waals surface area (Å²) in [5.41, 5.74) is 7.39. The highest BCUT2D eigenvalue weighted by molar-refractivity contribution is 5.85. The predicted molar refractivity (Wildman–Crippen MR) is 81.9 cm³/mol. The molecule has 1 saturated heterocycles. The number of nitrogens with zero attached hydrogens (tertiary/aromatic N) is 1. The van der Waals surface area contributed by atoms with Gasteiger partial charge < -0.3 is 10.5 Å². The second-order valence-corrected chi connectivity index (χ2v) is 5.24. The van der Waals surface area contributed by atoms with Crippen LogP contribution in [-0.2, 0) is 6.54 Å². The fourth-order valence-electron chi connectivity index (χ4n) is 2.51. The molecule has 0 bridgehead atoms. The van der Waals surface area contributed by atoms with Crippen molar-refractivity contribution in [1.82, 2.24) is 4.90 Å². The van der Waals surface area contributed by atoms with Crippen molar-refractivity contribution in [1.29, 1.82) is 0 Å². The number of benzene rings is 1. The molecule has 1 aromatic carbocycles. The van der Waals surface area contributed by atoms with E-state index in [-0.39, 0.29) is 12.4 Å². The second-order valence-electron chi connectivity index (χ2n) is 5.24. The average molecular weight is 285 g/mol. The molecule has 1 aromatic rings. The Bertz CT molecular complexity index is 369. The molecule has 2 atom stereocenters. The highest BCUT2D eigenvalue weighted by atomic mass is 35.5. The number of likely N-dealkylation sites (tertiary alicyclic amines) is 1. The van der Waals surface area contributed by atoms with Crippen molar-refractivity contribution in [3.8, 4) is 5.75 Å². The minimum absolute atomic E-state index is 0. The maximum atomic E-state index is 6.04. The third-order valence-corrected chi connectivity index (χ3v) is 3.70.